The summed E-state index contributed by atoms with van der Waals surface area (Å²) in [5, 5.41) is 2.91. The van der Waals surface area contributed by atoms with Gasteiger partial charge in [-0.15, -0.1) is 12.4 Å². The van der Waals surface area contributed by atoms with Crippen LogP contribution in [0.1, 0.15) is 12.8 Å². The Bertz CT molecular complexity index is 378. The highest BCUT2D eigenvalue weighted by molar-refractivity contribution is 5.92. The zero-order chi connectivity index (χ0) is 12.8. The number of hydrogen-bond acceptors (Lipinski definition) is 3. The van der Waals surface area contributed by atoms with E-state index in [9.17, 15) is 4.79 Å². The number of carbonyl (C=O) groups is 1. The molecule has 1 aliphatic heterocycles. The zero-order valence-corrected chi connectivity index (χ0v) is 11.9. The highest BCUT2D eigenvalue weighted by Gasteiger charge is 2.19. The van der Waals surface area contributed by atoms with E-state index in [4.69, 9.17) is 5.73 Å². The average Bonchev–Trinajstić information content (AvgIpc) is 2.40. The van der Waals surface area contributed by atoms with Crippen LogP contribution in [-0.4, -0.2) is 37.0 Å². The van der Waals surface area contributed by atoms with Gasteiger partial charge >= 0.3 is 0 Å². The molecule has 0 radical (unpaired) electrons. The number of para-hydroxylation sites is 1. The number of carbonyl (C=O) groups excluding carboxylic acids is 1. The van der Waals surface area contributed by atoms with Crippen molar-refractivity contribution in [2.45, 2.75) is 12.8 Å². The van der Waals surface area contributed by atoms with E-state index >= 15 is 0 Å². The van der Waals surface area contributed by atoms with Gasteiger partial charge in [0.2, 0.25) is 5.91 Å². The molecule has 1 aliphatic rings. The third-order valence-corrected chi connectivity index (χ3v) is 3.47. The Labute approximate surface area is 120 Å². The van der Waals surface area contributed by atoms with Gasteiger partial charge in [0.15, 0.2) is 0 Å². The minimum atomic E-state index is 0. The van der Waals surface area contributed by atoms with E-state index in [2.05, 4.69) is 10.2 Å². The number of rotatable bonds is 4. The van der Waals surface area contributed by atoms with Crippen LogP contribution in [0.3, 0.4) is 0 Å². The number of amides is 1. The Morgan fingerprint density at radius 3 is 2.47 bits per heavy atom. The lowest BCUT2D eigenvalue weighted by Crippen LogP contribution is -2.40. The van der Waals surface area contributed by atoms with E-state index in [0.29, 0.717) is 12.5 Å². The molecule has 1 aromatic carbocycles. The van der Waals surface area contributed by atoms with Gasteiger partial charge in [-0.2, -0.15) is 0 Å². The number of nitrogens with two attached hydrogens (primary N) is 1. The van der Waals surface area contributed by atoms with Gasteiger partial charge in [0, 0.05) is 5.69 Å². The third-order valence-electron chi connectivity index (χ3n) is 3.47. The fraction of sp³-hybridized carbons (Fsp3) is 0.500. The number of benzene rings is 1. The molecule has 0 aromatic heterocycles. The highest BCUT2D eigenvalue weighted by atomic mass is 35.5. The van der Waals surface area contributed by atoms with Crippen molar-refractivity contribution in [3.05, 3.63) is 30.3 Å². The summed E-state index contributed by atoms with van der Waals surface area (Å²) in [7, 11) is 0. The van der Waals surface area contributed by atoms with Crippen molar-refractivity contribution in [1.82, 2.24) is 4.90 Å². The number of halogens is 1. The van der Waals surface area contributed by atoms with Crippen LogP contribution in [0.25, 0.3) is 0 Å². The predicted molar refractivity (Wildman–Crippen MR) is 80.5 cm³/mol. The average molecular weight is 284 g/mol. The number of nitrogens with one attached hydrogen (secondary N) is 1. The molecule has 0 aliphatic carbocycles. The molecule has 0 atom stereocenters. The van der Waals surface area contributed by atoms with Crippen LogP contribution < -0.4 is 11.1 Å². The maximum absolute atomic E-state index is 11.9. The first-order chi connectivity index (χ1) is 8.78. The van der Waals surface area contributed by atoms with E-state index in [1.165, 1.54) is 0 Å². The lowest BCUT2D eigenvalue weighted by molar-refractivity contribution is -0.117. The summed E-state index contributed by atoms with van der Waals surface area (Å²) in [6.07, 6.45) is 2.21. The van der Waals surface area contributed by atoms with Gasteiger partial charge in [-0.05, 0) is 50.5 Å². The Morgan fingerprint density at radius 2 is 1.89 bits per heavy atom. The van der Waals surface area contributed by atoms with E-state index < -0.39 is 0 Å². The van der Waals surface area contributed by atoms with Gasteiger partial charge in [-0.3, -0.25) is 9.69 Å². The van der Waals surface area contributed by atoms with Gasteiger partial charge in [0.05, 0.1) is 6.54 Å². The molecule has 0 spiro atoms. The minimum absolute atomic E-state index is 0. The van der Waals surface area contributed by atoms with Gasteiger partial charge in [-0.1, -0.05) is 18.2 Å². The SMILES string of the molecule is Cl.NCC1CCN(CC(=O)Nc2ccccc2)CC1. The Balaban J connectivity index is 0.00000180. The van der Waals surface area contributed by atoms with Crippen LogP contribution in [-0.2, 0) is 4.79 Å². The molecule has 1 heterocycles. The monoisotopic (exact) mass is 283 g/mol. The minimum Gasteiger partial charge on any atom is -0.330 e. The summed E-state index contributed by atoms with van der Waals surface area (Å²) >= 11 is 0. The number of hydrogen-bond donors (Lipinski definition) is 2. The number of piperidine rings is 1. The number of anilines is 1. The van der Waals surface area contributed by atoms with E-state index in [1.54, 1.807) is 0 Å². The molecule has 0 unspecified atom stereocenters. The van der Waals surface area contributed by atoms with Crippen molar-refractivity contribution in [3.8, 4) is 0 Å². The van der Waals surface area contributed by atoms with Gasteiger partial charge in [0.25, 0.3) is 0 Å². The summed E-state index contributed by atoms with van der Waals surface area (Å²) in [5.74, 6) is 0.700. The maximum atomic E-state index is 11.9. The molecule has 1 saturated heterocycles. The predicted octanol–water partition coefficient (Wildman–Crippen LogP) is 1.72. The molecule has 19 heavy (non-hydrogen) atoms. The largest absolute Gasteiger partial charge is 0.330 e. The van der Waals surface area contributed by atoms with E-state index in [0.717, 1.165) is 38.2 Å². The Morgan fingerprint density at radius 1 is 1.26 bits per heavy atom. The number of likely N-dealkylation sites (tertiary alicyclic amines) is 1. The molecule has 4 nitrogen and oxygen atoms in total. The molecule has 5 heteroatoms. The van der Waals surface area contributed by atoms with E-state index in [-0.39, 0.29) is 18.3 Å². The second-order valence-corrected chi connectivity index (χ2v) is 4.87. The van der Waals surface area contributed by atoms with E-state index in [1.807, 2.05) is 30.3 Å². The second-order valence-electron chi connectivity index (χ2n) is 4.87. The Kier molecular flexibility index (Phi) is 6.84. The molecule has 1 fully saturated rings. The van der Waals surface area contributed by atoms with Crippen LogP contribution in [0.15, 0.2) is 30.3 Å². The fourth-order valence-corrected chi connectivity index (χ4v) is 2.31. The Hall–Kier alpha value is -1.10. The lowest BCUT2D eigenvalue weighted by atomic mass is 9.97. The molecule has 3 N–H and O–H groups in total. The zero-order valence-electron chi connectivity index (χ0n) is 11.0. The van der Waals surface area contributed by atoms with Crippen molar-refractivity contribution < 1.29 is 4.79 Å². The maximum Gasteiger partial charge on any atom is 0.238 e. The summed E-state index contributed by atoms with van der Waals surface area (Å²) in [5.41, 5.74) is 6.51. The standard InChI is InChI=1S/C14H21N3O.ClH/c15-10-12-6-8-17(9-7-12)11-14(18)16-13-4-2-1-3-5-13;/h1-5,12H,6-11,15H2,(H,16,18);1H. The van der Waals surface area contributed by atoms with Crippen LogP contribution >= 0.6 is 12.4 Å². The summed E-state index contributed by atoms with van der Waals surface area (Å²) in [4.78, 5) is 14.1. The molecular formula is C14H22ClN3O. The van der Waals surface area contributed by atoms with Gasteiger partial charge in [-0.25, -0.2) is 0 Å². The molecule has 0 saturated carbocycles. The second kappa shape index (κ2) is 8.15. The molecular weight excluding hydrogens is 262 g/mol. The van der Waals surface area contributed by atoms with Crippen LogP contribution in [0.4, 0.5) is 5.69 Å². The molecule has 1 aromatic rings. The molecule has 2 rings (SSSR count). The lowest BCUT2D eigenvalue weighted by Gasteiger charge is -2.30. The van der Waals surface area contributed by atoms with Crippen LogP contribution in [0.5, 0.6) is 0 Å². The first kappa shape index (κ1) is 16.0. The normalized spacial score (nSPS) is 16.7. The van der Waals surface area contributed by atoms with Crippen molar-refractivity contribution in [1.29, 1.82) is 0 Å². The first-order valence-electron chi connectivity index (χ1n) is 6.55. The quantitative estimate of drug-likeness (QED) is 0.885. The van der Waals surface area contributed by atoms with Crippen molar-refractivity contribution in [3.63, 3.8) is 0 Å². The topological polar surface area (TPSA) is 58.4 Å². The molecule has 0 bridgehead atoms. The smallest absolute Gasteiger partial charge is 0.238 e. The van der Waals surface area contributed by atoms with Crippen LogP contribution in [0.2, 0.25) is 0 Å². The molecule has 1 amide bonds. The van der Waals surface area contributed by atoms with Crippen molar-refractivity contribution >= 4 is 24.0 Å². The van der Waals surface area contributed by atoms with Gasteiger partial charge in [0.1, 0.15) is 0 Å². The van der Waals surface area contributed by atoms with Crippen LogP contribution in [0, 0.1) is 5.92 Å². The van der Waals surface area contributed by atoms with Gasteiger partial charge < -0.3 is 11.1 Å². The summed E-state index contributed by atoms with van der Waals surface area (Å²) in [6.45, 7) is 3.20. The number of nitrogens with zero attached hydrogens (tertiary/aromatic N) is 1. The van der Waals surface area contributed by atoms with Crippen molar-refractivity contribution in [2.75, 3.05) is 31.5 Å². The first-order valence-corrected chi connectivity index (χ1v) is 6.55. The highest BCUT2D eigenvalue weighted by Crippen LogP contribution is 2.15. The summed E-state index contributed by atoms with van der Waals surface area (Å²) in [6, 6.07) is 9.58. The summed E-state index contributed by atoms with van der Waals surface area (Å²) < 4.78 is 0. The fourth-order valence-electron chi connectivity index (χ4n) is 2.31. The van der Waals surface area contributed by atoms with Crippen molar-refractivity contribution in [2.24, 2.45) is 11.7 Å². The third kappa shape index (κ3) is 5.19. The molecule has 106 valence electrons.